The summed E-state index contributed by atoms with van der Waals surface area (Å²) >= 11 is 0. The van der Waals surface area contributed by atoms with Crippen molar-refractivity contribution in [2.75, 3.05) is 5.32 Å². The molecule has 2 amide bonds. The minimum Gasteiger partial charge on any atom is -0.339 e. The van der Waals surface area contributed by atoms with Gasteiger partial charge in [-0.05, 0) is 74.6 Å². The first-order chi connectivity index (χ1) is 15.4. The number of aromatic amines is 1. The Labute approximate surface area is 186 Å². The van der Waals surface area contributed by atoms with Gasteiger partial charge in [-0.1, -0.05) is 12.1 Å². The zero-order valence-electron chi connectivity index (χ0n) is 18.6. The van der Waals surface area contributed by atoms with Crippen LogP contribution in [0.3, 0.4) is 0 Å². The van der Waals surface area contributed by atoms with E-state index in [1.807, 2.05) is 38.1 Å². The number of hydrogen-bond acceptors (Lipinski definition) is 4. The van der Waals surface area contributed by atoms with Gasteiger partial charge in [-0.2, -0.15) is 10.2 Å². The lowest BCUT2D eigenvalue weighted by Gasteiger charge is -2.25. The number of hydrogen-bond donors (Lipinski definition) is 3. The molecular weight excluding hydrogens is 404 g/mol. The van der Waals surface area contributed by atoms with Crippen LogP contribution < -0.4 is 10.6 Å². The van der Waals surface area contributed by atoms with E-state index in [0.717, 1.165) is 35.4 Å². The number of fused-ring (bicyclic) bond motifs is 1. The first-order valence-corrected chi connectivity index (χ1v) is 11.1. The van der Waals surface area contributed by atoms with Crippen LogP contribution in [0.25, 0.3) is 11.1 Å². The molecule has 0 spiro atoms. The van der Waals surface area contributed by atoms with Gasteiger partial charge < -0.3 is 10.6 Å². The summed E-state index contributed by atoms with van der Waals surface area (Å²) in [6.45, 7) is 3.96. The van der Waals surface area contributed by atoms with Crippen LogP contribution in [0, 0.1) is 31.6 Å². The molecule has 4 atom stereocenters. The van der Waals surface area contributed by atoms with E-state index in [0.29, 0.717) is 23.2 Å². The number of carbonyl (C=O) groups excluding carboxylic acids is 2. The smallest absolute Gasteiger partial charge is 0.270 e. The number of amides is 2. The molecule has 0 bridgehead atoms. The second-order valence-electron chi connectivity index (χ2n) is 9.15. The van der Waals surface area contributed by atoms with Gasteiger partial charge in [0.1, 0.15) is 11.7 Å². The van der Waals surface area contributed by atoms with Crippen LogP contribution in [-0.2, 0) is 11.8 Å². The summed E-state index contributed by atoms with van der Waals surface area (Å²) in [7, 11) is 1.72. The molecule has 8 heteroatoms. The Morgan fingerprint density at radius 2 is 1.81 bits per heavy atom. The summed E-state index contributed by atoms with van der Waals surface area (Å²) in [5, 5.41) is 17.3. The molecule has 32 heavy (non-hydrogen) atoms. The summed E-state index contributed by atoms with van der Waals surface area (Å²) < 4.78 is 1.52. The van der Waals surface area contributed by atoms with Crippen molar-refractivity contribution in [3.05, 3.63) is 53.6 Å². The van der Waals surface area contributed by atoms with Crippen LogP contribution in [0.4, 0.5) is 5.69 Å². The summed E-state index contributed by atoms with van der Waals surface area (Å²) in [5.74, 6) is 1.14. The number of anilines is 1. The lowest BCUT2D eigenvalue weighted by molar-refractivity contribution is -0.119. The highest BCUT2D eigenvalue weighted by atomic mass is 16.2. The third-order valence-corrected chi connectivity index (χ3v) is 6.94. The van der Waals surface area contributed by atoms with E-state index in [-0.39, 0.29) is 17.7 Å². The third kappa shape index (κ3) is 3.81. The van der Waals surface area contributed by atoms with Crippen LogP contribution in [0.2, 0.25) is 0 Å². The molecule has 2 aliphatic rings. The molecule has 2 saturated carbocycles. The largest absolute Gasteiger partial charge is 0.339 e. The molecule has 8 nitrogen and oxygen atoms in total. The highest BCUT2D eigenvalue weighted by molar-refractivity contribution is 6.00. The molecular formula is C24H28N6O2. The number of aromatic nitrogens is 4. The quantitative estimate of drug-likeness (QED) is 0.556. The van der Waals surface area contributed by atoms with E-state index in [9.17, 15) is 9.59 Å². The Balaban J connectivity index is 1.32. The molecule has 2 aliphatic carbocycles. The average Bonchev–Trinajstić information content (AvgIpc) is 3.07. The molecule has 0 radical (unpaired) electrons. The normalized spacial score (nSPS) is 22.3. The van der Waals surface area contributed by atoms with E-state index in [1.54, 1.807) is 19.3 Å². The zero-order chi connectivity index (χ0) is 22.4. The highest BCUT2D eigenvalue weighted by Gasteiger charge is 2.49. The SMILES string of the molecule is Cc1n[nH]c(C)c1-c1ccc(NC(=O)[C@@H](NC(=O)c2ccnn2C)C2C[C@@H]3C[C@@H]3C2)cc1. The maximum Gasteiger partial charge on any atom is 0.270 e. The Hall–Kier alpha value is -3.42. The topological polar surface area (TPSA) is 105 Å². The average molecular weight is 433 g/mol. The second-order valence-corrected chi connectivity index (χ2v) is 9.15. The van der Waals surface area contributed by atoms with Crippen LogP contribution >= 0.6 is 0 Å². The summed E-state index contributed by atoms with van der Waals surface area (Å²) in [6, 6.07) is 8.84. The van der Waals surface area contributed by atoms with E-state index >= 15 is 0 Å². The van der Waals surface area contributed by atoms with Crippen molar-refractivity contribution in [3.8, 4) is 11.1 Å². The van der Waals surface area contributed by atoms with E-state index in [1.165, 1.54) is 11.1 Å². The Morgan fingerprint density at radius 1 is 1.09 bits per heavy atom. The van der Waals surface area contributed by atoms with E-state index < -0.39 is 6.04 Å². The van der Waals surface area contributed by atoms with Gasteiger partial charge in [0, 0.05) is 30.2 Å². The number of nitrogens with zero attached hydrogens (tertiary/aromatic N) is 3. The predicted molar refractivity (Wildman–Crippen MR) is 121 cm³/mol. The summed E-state index contributed by atoms with van der Waals surface area (Å²) in [4.78, 5) is 26.1. The fourth-order valence-electron chi connectivity index (χ4n) is 5.16. The monoisotopic (exact) mass is 432 g/mol. The van der Waals surface area contributed by atoms with Crippen LogP contribution in [0.5, 0.6) is 0 Å². The summed E-state index contributed by atoms with van der Waals surface area (Å²) in [5.41, 5.74) is 5.23. The van der Waals surface area contributed by atoms with Gasteiger partial charge in [0.2, 0.25) is 5.91 Å². The van der Waals surface area contributed by atoms with Crippen LogP contribution in [-0.4, -0.2) is 37.8 Å². The minimum atomic E-state index is -0.566. The van der Waals surface area contributed by atoms with Gasteiger partial charge in [0.05, 0.1) is 5.69 Å². The van der Waals surface area contributed by atoms with Crippen LogP contribution in [0.1, 0.15) is 41.1 Å². The molecule has 3 N–H and O–H groups in total. The number of benzene rings is 1. The molecule has 166 valence electrons. The molecule has 3 aromatic rings. The van der Waals surface area contributed by atoms with Gasteiger partial charge in [-0.3, -0.25) is 19.4 Å². The molecule has 5 rings (SSSR count). The number of carbonyl (C=O) groups is 2. The zero-order valence-corrected chi connectivity index (χ0v) is 18.6. The fraction of sp³-hybridized carbons (Fsp3) is 0.417. The molecule has 1 aromatic carbocycles. The second kappa shape index (κ2) is 7.93. The van der Waals surface area contributed by atoms with Gasteiger partial charge in [0.25, 0.3) is 5.91 Å². The molecule has 2 aromatic heterocycles. The van der Waals surface area contributed by atoms with Crippen molar-refractivity contribution < 1.29 is 9.59 Å². The Morgan fingerprint density at radius 3 is 2.41 bits per heavy atom. The van der Waals surface area contributed by atoms with Crippen molar-refractivity contribution in [3.63, 3.8) is 0 Å². The summed E-state index contributed by atoms with van der Waals surface area (Å²) in [6.07, 6.45) is 4.83. The van der Waals surface area contributed by atoms with Crippen molar-refractivity contribution in [1.29, 1.82) is 0 Å². The third-order valence-electron chi connectivity index (χ3n) is 6.94. The Kier molecular flexibility index (Phi) is 5.07. The lowest BCUT2D eigenvalue weighted by atomic mass is 9.93. The number of nitrogens with one attached hydrogen (secondary N) is 3. The van der Waals surface area contributed by atoms with Crippen molar-refractivity contribution in [2.24, 2.45) is 24.8 Å². The standard InChI is InChI=1S/C24H28N6O2/c1-13-21(14(2)29-28-13)15-4-6-19(7-5-15)26-24(32)22(18-11-16-10-17(16)12-18)27-23(31)20-8-9-25-30(20)3/h4-9,16-18,22H,10-12H2,1-3H3,(H,26,32)(H,27,31)(H,28,29)/t16-,17+,18?,22-/m0/s1. The maximum atomic E-state index is 13.3. The molecule has 0 aliphatic heterocycles. The number of rotatable bonds is 6. The van der Waals surface area contributed by atoms with Gasteiger partial charge in [0.15, 0.2) is 0 Å². The van der Waals surface area contributed by atoms with Crippen molar-refractivity contribution in [1.82, 2.24) is 25.3 Å². The Bertz CT molecular complexity index is 1130. The maximum absolute atomic E-state index is 13.3. The lowest BCUT2D eigenvalue weighted by Crippen LogP contribution is -2.48. The highest BCUT2D eigenvalue weighted by Crippen LogP contribution is 2.55. The van der Waals surface area contributed by atoms with Gasteiger partial charge >= 0.3 is 0 Å². The first kappa shape index (κ1) is 20.5. The molecule has 2 heterocycles. The predicted octanol–water partition coefficient (Wildman–Crippen LogP) is 3.21. The van der Waals surface area contributed by atoms with E-state index in [2.05, 4.69) is 25.9 Å². The molecule has 1 unspecified atom stereocenters. The van der Waals surface area contributed by atoms with Gasteiger partial charge in [-0.25, -0.2) is 0 Å². The van der Waals surface area contributed by atoms with Crippen molar-refractivity contribution in [2.45, 2.75) is 39.2 Å². The minimum absolute atomic E-state index is 0.159. The molecule has 0 saturated heterocycles. The van der Waals surface area contributed by atoms with Crippen LogP contribution in [0.15, 0.2) is 36.5 Å². The van der Waals surface area contributed by atoms with Crippen molar-refractivity contribution >= 4 is 17.5 Å². The van der Waals surface area contributed by atoms with Gasteiger partial charge in [-0.15, -0.1) is 0 Å². The first-order valence-electron chi connectivity index (χ1n) is 11.1. The molecule has 2 fully saturated rings. The fourth-order valence-corrected chi connectivity index (χ4v) is 5.16. The van der Waals surface area contributed by atoms with E-state index in [4.69, 9.17) is 0 Å². The number of H-pyrrole nitrogens is 1. The number of aryl methyl sites for hydroxylation is 3.